The van der Waals surface area contributed by atoms with Crippen molar-refractivity contribution in [3.8, 4) is 0 Å². The Bertz CT molecular complexity index is 314. The summed E-state index contributed by atoms with van der Waals surface area (Å²) in [6, 6.07) is 3.32. The molecule has 0 bridgehead atoms. The molecule has 0 aliphatic carbocycles. The standard InChI is InChI=1S/C8H10N2O/c1-6(9)4-7-2-3-10-8(11)5-7/h2-3,5H,1,4,9H2,(H,10,11). The third-order valence-corrected chi connectivity index (χ3v) is 1.27. The highest BCUT2D eigenvalue weighted by Gasteiger charge is 1.92. The lowest BCUT2D eigenvalue weighted by molar-refractivity contribution is 1.09. The van der Waals surface area contributed by atoms with Crippen molar-refractivity contribution in [2.45, 2.75) is 6.42 Å². The average molecular weight is 150 g/mol. The van der Waals surface area contributed by atoms with Gasteiger partial charge in [-0.25, -0.2) is 0 Å². The van der Waals surface area contributed by atoms with Crippen LogP contribution in [0.2, 0.25) is 0 Å². The molecule has 0 amide bonds. The fraction of sp³-hybridized carbons (Fsp3) is 0.125. The molecule has 0 atom stereocenters. The Morgan fingerprint density at radius 3 is 3.00 bits per heavy atom. The fourth-order valence-electron chi connectivity index (χ4n) is 0.861. The Balaban J connectivity index is 2.88. The summed E-state index contributed by atoms with van der Waals surface area (Å²) < 4.78 is 0. The van der Waals surface area contributed by atoms with E-state index in [-0.39, 0.29) is 5.56 Å². The summed E-state index contributed by atoms with van der Waals surface area (Å²) in [6.07, 6.45) is 2.16. The Morgan fingerprint density at radius 2 is 2.45 bits per heavy atom. The second kappa shape index (κ2) is 3.05. The molecule has 1 aromatic rings. The zero-order valence-corrected chi connectivity index (χ0v) is 6.13. The van der Waals surface area contributed by atoms with Crippen LogP contribution >= 0.6 is 0 Å². The SMILES string of the molecule is C=C(N)Cc1cc[nH]c(=O)c1. The summed E-state index contributed by atoms with van der Waals surface area (Å²) in [5.41, 5.74) is 6.72. The lowest BCUT2D eigenvalue weighted by atomic mass is 10.2. The third-order valence-electron chi connectivity index (χ3n) is 1.27. The monoisotopic (exact) mass is 150 g/mol. The molecule has 1 heterocycles. The summed E-state index contributed by atoms with van der Waals surface area (Å²) in [5.74, 6) is 0. The number of H-pyrrole nitrogens is 1. The van der Waals surface area contributed by atoms with Crippen molar-refractivity contribution < 1.29 is 0 Å². The van der Waals surface area contributed by atoms with Crippen LogP contribution in [0.25, 0.3) is 0 Å². The van der Waals surface area contributed by atoms with Gasteiger partial charge in [0.15, 0.2) is 0 Å². The van der Waals surface area contributed by atoms with Gasteiger partial charge in [0.1, 0.15) is 0 Å². The van der Waals surface area contributed by atoms with Crippen LogP contribution in [0.4, 0.5) is 0 Å². The molecule has 3 heteroatoms. The zero-order chi connectivity index (χ0) is 8.27. The van der Waals surface area contributed by atoms with E-state index in [9.17, 15) is 4.79 Å². The van der Waals surface area contributed by atoms with Gasteiger partial charge in [-0.3, -0.25) is 4.79 Å². The highest BCUT2D eigenvalue weighted by Crippen LogP contribution is 1.97. The number of pyridine rings is 1. The average Bonchev–Trinajstić information content (AvgIpc) is 1.85. The molecule has 1 aromatic heterocycles. The predicted octanol–water partition coefficient (Wildman–Crippen LogP) is 0.390. The number of hydrogen-bond donors (Lipinski definition) is 2. The summed E-state index contributed by atoms with van der Waals surface area (Å²) in [6.45, 7) is 3.55. The maximum Gasteiger partial charge on any atom is 0.248 e. The van der Waals surface area contributed by atoms with E-state index in [4.69, 9.17) is 5.73 Å². The fourth-order valence-corrected chi connectivity index (χ4v) is 0.861. The molecule has 1 rings (SSSR count). The molecule has 0 aliphatic heterocycles. The Kier molecular flexibility index (Phi) is 2.11. The Morgan fingerprint density at radius 1 is 1.73 bits per heavy atom. The van der Waals surface area contributed by atoms with Gasteiger partial charge in [0, 0.05) is 24.4 Å². The summed E-state index contributed by atoms with van der Waals surface area (Å²) in [7, 11) is 0. The minimum Gasteiger partial charge on any atom is -0.402 e. The molecule has 0 saturated heterocycles. The molecule has 0 aliphatic rings. The second-order valence-corrected chi connectivity index (χ2v) is 2.40. The van der Waals surface area contributed by atoms with Gasteiger partial charge >= 0.3 is 0 Å². The van der Waals surface area contributed by atoms with E-state index in [1.807, 2.05) is 0 Å². The van der Waals surface area contributed by atoms with Crippen molar-refractivity contribution >= 4 is 0 Å². The second-order valence-electron chi connectivity index (χ2n) is 2.40. The van der Waals surface area contributed by atoms with Crippen LogP contribution < -0.4 is 11.3 Å². The van der Waals surface area contributed by atoms with Gasteiger partial charge in [-0.2, -0.15) is 0 Å². The molecule has 0 saturated carbocycles. The summed E-state index contributed by atoms with van der Waals surface area (Å²) >= 11 is 0. The van der Waals surface area contributed by atoms with E-state index < -0.39 is 0 Å². The third kappa shape index (κ3) is 2.29. The van der Waals surface area contributed by atoms with E-state index in [0.29, 0.717) is 12.1 Å². The number of allylic oxidation sites excluding steroid dienone is 1. The minimum atomic E-state index is -0.108. The van der Waals surface area contributed by atoms with Crippen molar-refractivity contribution in [2.24, 2.45) is 5.73 Å². The van der Waals surface area contributed by atoms with E-state index in [1.54, 1.807) is 12.3 Å². The maximum atomic E-state index is 10.7. The zero-order valence-electron chi connectivity index (χ0n) is 6.13. The summed E-state index contributed by atoms with van der Waals surface area (Å²) in [5, 5.41) is 0. The molecule has 0 aromatic carbocycles. The number of rotatable bonds is 2. The first-order chi connectivity index (χ1) is 5.18. The normalized spacial score (nSPS) is 9.45. The van der Waals surface area contributed by atoms with Crippen LogP contribution in [0.5, 0.6) is 0 Å². The van der Waals surface area contributed by atoms with Gasteiger partial charge in [0.05, 0.1) is 0 Å². The topological polar surface area (TPSA) is 58.9 Å². The molecule has 58 valence electrons. The number of hydrogen-bond acceptors (Lipinski definition) is 2. The first-order valence-corrected chi connectivity index (χ1v) is 3.29. The maximum absolute atomic E-state index is 10.7. The molecule has 3 nitrogen and oxygen atoms in total. The van der Waals surface area contributed by atoms with E-state index in [0.717, 1.165) is 5.56 Å². The lowest BCUT2D eigenvalue weighted by Crippen LogP contribution is -2.06. The molecular weight excluding hydrogens is 140 g/mol. The van der Waals surface area contributed by atoms with E-state index in [2.05, 4.69) is 11.6 Å². The quantitative estimate of drug-likeness (QED) is 0.640. The van der Waals surface area contributed by atoms with Gasteiger partial charge in [0.25, 0.3) is 0 Å². The Labute approximate surface area is 64.6 Å². The van der Waals surface area contributed by atoms with Crippen LogP contribution in [0.3, 0.4) is 0 Å². The predicted molar refractivity (Wildman–Crippen MR) is 44.1 cm³/mol. The molecule has 0 unspecified atom stereocenters. The number of aromatic amines is 1. The molecule has 0 spiro atoms. The van der Waals surface area contributed by atoms with Crippen LogP contribution in [0.15, 0.2) is 35.4 Å². The minimum absolute atomic E-state index is 0.108. The molecule has 0 fully saturated rings. The van der Waals surface area contributed by atoms with E-state index in [1.165, 1.54) is 6.07 Å². The molecule has 11 heavy (non-hydrogen) atoms. The molecular formula is C8H10N2O. The van der Waals surface area contributed by atoms with Gasteiger partial charge in [0.2, 0.25) is 5.56 Å². The van der Waals surface area contributed by atoms with Crippen LogP contribution in [0.1, 0.15) is 5.56 Å². The van der Waals surface area contributed by atoms with Gasteiger partial charge in [-0.05, 0) is 11.6 Å². The van der Waals surface area contributed by atoms with Gasteiger partial charge in [-0.15, -0.1) is 0 Å². The van der Waals surface area contributed by atoms with Gasteiger partial charge in [-0.1, -0.05) is 6.58 Å². The van der Waals surface area contributed by atoms with Crippen LogP contribution in [-0.4, -0.2) is 4.98 Å². The highest BCUT2D eigenvalue weighted by atomic mass is 16.1. The number of nitrogens with two attached hydrogens (primary N) is 1. The van der Waals surface area contributed by atoms with Crippen molar-refractivity contribution in [1.82, 2.24) is 4.98 Å². The van der Waals surface area contributed by atoms with Crippen LogP contribution in [-0.2, 0) is 6.42 Å². The first-order valence-electron chi connectivity index (χ1n) is 3.29. The van der Waals surface area contributed by atoms with Crippen molar-refractivity contribution in [1.29, 1.82) is 0 Å². The number of aromatic nitrogens is 1. The lowest BCUT2D eigenvalue weighted by Gasteiger charge is -1.97. The number of nitrogens with one attached hydrogen (secondary N) is 1. The van der Waals surface area contributed by atoms with Gasteiger partial charge < -0.3 is 10.7 Å². The van der Waals surface area contributed by atoms with Crippen molar-refractivity contribution in [2.75, 3.05) is 0 Å². The smallest absolute Gasteiger partial charge is 0.248 e. The highest BCUT2D eigenvalue weighted by molar-refractivity contribution is 5.15. The Hall–Kier alpha value is -1.51. The van der Waals surface area contributed by atoms with E-state index >= 15 is 0 Å². The molecule has 3 N–H and O–H groups in total. The van der Waals surface area contributed by atoms with Crippen molar-refractivity contribution in [3.05, 3.63) is 46.5 Å². The van der Waals surface area contributed by atoms with Crippen LogP contribution in [0, 0.1) is 0 Å². The first kappa shape index (κ1) is 7.60. The largest absolute Gasteiger partial charge is 0.402 e. The summed E-state index contributed by atoms with van der Waals surface area (Å²) in [4.78, 5) is 13.3. The molecule has 0 radical (unpaired) electrons. The van der Waals surface area contributed by atoms with Crippen molar-refractivity contribution in [3.63, 3.8) is 0 Å².